The SMILES string of the molecule is C1CC1.C=CNc1cc(F)c(Nc2nc(N3CCC(CN4CCN(c5ccc6c(C7CCC(=C)NC7=O)nn(C)c6c5)C(C)(C)C4)CC3)ncc2Cl)cc1C1=C(C)CCC(F)(F)CN1.CC. The molecular weight excluding hydrogens is 863 g/mol. The first kappa shape index (κ1) is 48.6. The highest BCUT2D eigenvalue weighted by molar-refractivity contribution is 6.33. The summed E-state index contributed by atoms with van der Waals surface area (Å²) in [6.45, 7) is 22.8. The predicted molar refractivity (Wildman–Crippen MR) is 263 cm³/mol. The van der Waals surface area contributed by atoms with Crippen LogP contribution < -0.4 is 31.1 Å². The number of anilines is 5. The van der Waals surface area contributed by atoms with Gasteiger partial charge in [-0.3, -0.25) is 14.4 Å². The lowest BCUT2D eigenvalue weighted by atomic mass is 9.91. The molecule has 4 N–H and O–H groups in total. The topological polar surface area (TPSA) is 119 Å². The fourth-order valence-corrected chi connectivity index (χ4v) is 9.55. The number of rotatable bonds is 10. The van der Waals surface area contributed by atoms with Gasteiger partial charge in [0.2, 0.25) is 11.9 Å². The minimum absolute atomic E-state index is 0.0333. The molecule has 0 radical (unpaired) electrons. The van der Waals surface area contributed by atoms with Gasteiger partial charge >= 0.3 is 0 Å². The molecule has 6 heterocycles. The number of alkyl halides is 2. The molecule has 0 bridgehead atoms. The third-order valence-corrected chi connectivity index (χ3v) is 13.3. The quantitative estimate of drug-likeness (QED) is 0.122. The van der Waals surface area contributed by atoms with E-state index in [1.807, 2.05) is 25.6 Å². The van der Waals surface area contributed by atoms with Crippen molar-refractivity contribution in [2.24, 2.45) is 13.0 Å². The summed E-state index contributed by atoms with van der Waals surface area (Å²) in [6, 6.07) is 9.39. The number of carbonyl (C=O) groups excluding carboxylic acids is 1. The Balaban J connectivity index is 0.00000123. The molecule has 4 aliphatic heterocycles. The second kappa shape index (κ2) is 20.7. The fraction of sp³-hybridized carbons (Fsp3) is 0.520. The Morgan fingerprint density at radius 3 is 2.44 bits per heavy atom. The van der Waals surface area contributed by atoms with E-state index in [9.17, 15) is 13.6 Å². The molecule has 66 heavy (non-hydrogen) atoms. The minimum Gasteiger partial charge on any atom is -0.378 e. The molecule has 1 saturated carbocycles. The number of hydrogen-bond donors (Lipinski definition) is 4. The van der Waals surface area contributed by atoms with E-state index in [-0.39, 0.29) is 46.7 Å². The van der Waals surface area contributed by atoms with Gasteiger partial charge in [0.25, 0.3) is 5.92 Å². The molecule has 356 valence electrons. The number of halogens is 4. The van der Waals surface area contributed by atoms with E-state index in [1.165, 1.54) is 37.7 Å². The number of nitrogens with one attached hydrogen (secondary N) is 4. The van der Waals surface area contributed by atoms with Crippen LogP contribution in [0.2, 0.25) is 5.02 Å². The molecule has 16 heteroatoms. The average Bonchev–Trinajstić information content (AvgIpc) is 4.15. The lowest BCUT2D eigenvalue weighted by Crippen LogP contribution is -2.60. The summed E-state index contributed by atoms with van der Waals surface area (Å²) < 4.78 is 46.2. The summed E-state index contributed by atoms with van der Waals surface area (Å²) in [7, 11) is 1.95. The highest BCUT2D eigenvalue weighted by atomic mass is 35.5. The molecule has 1 amide bonds. The highest BCUT2D eigenvalue weighted by Gasteiger charge is 2.37. The number of fused-ring (bicyclic) bond motifs is 1. The third-order valence-electron chi connectivity index (χ3n) is 13.0. The van der Waals surface area contributed by atoms with Crippen LogP contribution in [0.4, 0.5) is 42.0 Å². The lowest BCUT2D eigenvalue weighted by Gasteiger charge is -2.49. The molecule has 12 nitrogen and oxygen atoms in total. The zero-order valence-corrected chi connectivity index (χ0v) is 40.2. The predicted octanol–water partition coefficient (Wildman–Crippen LogP) is 10.7. The first-order valence-corrected chi connectivity index (χ1v) is 24.0. The number of aromatic nitrogens is 4. The summed E-state index contributed by atoms with van der Waals surface area (Å²) in [6.07, 6.45) is 10.8. The monoisotopic (exact) mass is 930 g/mol. The van der Waals surface area contributed by atoms with Gasteiger partial charge in [0.05, 0.1) is 41.2 Å². The van der Waals surface area contributed by atoms with E-state index < -0.39 is 18.3 Å². The summed E-state index contributed by atoms with van der Waals surface area (Å²) in [5.74, 6) is -2.49. The number of carbonyl (C=O) groups is 1. The van der Waals surface area contributed by atoms with Crippen molar-refractivity contribution in [3.8, 4) is 0 Å². The van der Waals surface area contributed by atoms with Crippen LogP contribution in [0.15, 0.2) is 67.2 Å². The maximum absolute atomic E-state index is 15.6. The molecule has 2 aromatic carbocycles. The van der Waals surface area contributed by atoms with Crippen molar-refractivity contribution in [2.45, 2.75) is 110 Å². The summed E-state index contributed by atoms with van der Waals surface area (Å²) in [5, 5.41) is 17.9. The van der Waals surface area contributed by atoms with Crippen LogP contribution in [-0.4, -0.2) is 87.8 Å². The second-order valence-corrected chi connectivity index (χ2v) is 19.1. The van der Waals surface area contributed by atoms with Gasteiger partial charge in [0.15, 0.2) is 5.82 Å². The van der Waals surface area contributed by atoms with Crippen molar-refractivity contribution in [1.82, 2.24) is 35.3 Å². The Morgan fingerprint density at radius 2 is 1.76 bits per heavy atom. The maximum Gasteiger partial charge on any atom is 0.265 e. The van der Waals surface area contributed by atoms with Gasteiger partial charge in [0, 0.05) is 92.4 Å². The Morgan fingerprint density at radius 1 is 1.02 bits per heavy atom. The first-order chi connectivity index (χ1) is 31.6. The molecule has 1 aliphatic carbocycles. The van der Waals surface area contributed by atoms with E-state index in [0.717, 1.165) is 92.1 Å². The summed E-state index contributed by atoms with van der Waals surface area (Å²) >= 11 is 6.57. The van der Waals surface area contributed by atoms with E-state index in [0.29, 0.717) is 35.2 Å². The molecular formula is C50H67ClF3N11O. The van der Waals surface area contributed by atoms with Gasteiger partial charge < -0.3 is 31.1 Å². The minimum atomic E-state index is -2.86. The van der Waals surface area contributed by atoms with Crippen LogP contribution in [0.25, 0.3) is 16.6 Å². The van der Waals surface area contributed by atoms with Crippen molar-refractivity contribution in [1.29, 1.82) is 0 Å². The van der Waals surface area contributed by atoms with Crippen LogP contribution in [0.1, 0.15) is 110 Å². The third kappa shape index (κ3) is 11.3. The molecule has 2 aromatic heterocycles. The highest BCUT2D eigenvalue weighted by Crippen LogP contribution is 2.39. The van der Waals surface area contributed by atoms with Gasteiger partial charge in [-0.25, -0.2) is 18.2 Å². The largest absolute Gasteiger partial charge is 0.378 e. The molecule has 0 spiro atoms. The van der Waals surface area contributed by atoms with Crippen molar-refractivity contribution < 1.29 is 18.0 Å². The van der Waals surface area contributed by atoms with Crippen LogP contribution in [-0.2, 0) is 11.8 Å². The molecule has 1 atom stereocenters. The summed E-state index contributed by atoms with van der Waals surface area (Å²) in [4.78, 5) is 29.3. The standard InChI is InChI=1S/C45H55ClF3N11O.C3H6.C2H6/c1-7-50-36-22-35(47)37(21-33(36)39-27(2)12-15-45(48,49)25-52-39)54-41-34(46)23-51-43(55-41)59-16-13-29(14-17-59)24-58-18-19-60(44(4,5)26-58)30-9-11-31-38(20-30)57(6)56-40(31)32-10-8-28(3)53-42(32)61;1-2-3-1;1-2/h7,9,11,20-23,29,32,50,52H,1,3,8,10,12-19,24-26H2,2,4-6H3,(H,53,61)(H,51,54,55);1-3H2;1-2H3. The van der Waals surface area contributed by atoms with Crippen molar-refractivity contribution >= 4 is 62.9 Å². The Bertz CT molecular complexity index is 2440. The van der Waals surface area contributed by atoms with E-state index in [2.05, 4.69) is 86.2 Å². The van der Waals surface area contributed by atoms with Crippen LogP contribution in [0.3, 0.4) is 0 Å². The second-order valence-electron chi connectivity index (χ2n) is 18.7. The Labute approximate surface area is 393 Å². The molecule has 1 unspecified atom stereocenters. The van der Waals surface area contributed by atoms with Gasteiger partial charge in [-0.1, -0.05) is 57.9 Å². The van der Waals surface area contributed by atoms with Gasteiger partial charge in [-0.2, -0.15) is 10.1 Å². The number of aryl methyl sites for hydroxylation is 1. The van der Waals surface area contributed by atoms with Gasteiger partial charge in [-0.15, -0.1) is 0 Å². The maximum atomic E-state index is 15.6. The van der Waals surface area contributed by atoms with Crippen molar-refractivity contribution in [3.05, 3.63) is 89.3 Å². The van der Waals surface area contributed by atoms with E-state index >= 15 is 4.39 Å². The normalized spacial score (nSPS) is 20.8. The van der Waals surface area contributed by atoms with E-state index in [4.69, 9.17) is 21.7 Å². The number of piperazine rings is 1. The van der Waals surface area contributed by atoms with E-state index in [1.54, 1.807) is 13.0 Å². The number of nitrogens with zero attached hydrogens (tertiary/aromatic N) is 7. The first-order valence-electron chi connectivity index (χ1n) is 23.6. The molecule has 3 saturated heterocycles. The van der Waals surface area contributed by atoms with Gasteiger partial charge in [0.1, 0.15) is 10.8 Å². The molecule has 4 fully saturated rings. The molecule has 5 aliphatic rings. The zero-order chi connectivity index (χ0) is 47.3. The number of piperidine rings is 2. The van der Waals surface area contributed by atoms with Crippen LogP contribution in [0.5, 0.6) is 0 Å². The molecule has 4 aromatic rings. The van der Waals surface area contributed by atoms with Crippen molar-refractivity contribution in [3.63, 3.8) is 0 Å². The average molecular weight is 931 g/mol. The van der Waals surface area contributed by atoms with Crippen LogP contribution >= 0.6 is 11.6 Å². The Kier molecular flexibility index (Phi) is 15.3. The number of hydrogen-bond acceptors (Lipinski definition) is 10. The fourth-order valence-electron chi connectivity index (χ4n) is 9.41. The number of amides is 1. The Hall–Kier alpha value is -5.28. The molecule has 9 rings (SSSR count). The van der Waals surface area contributed by atoms with Crippen molar-refractivity contribution in [2.75, 3.05) is 66.2 Å². The van der Waals surface area contributed by atoms with Gasteiger partial charge in [-0.05, 0) is 94.8 Å². The zero-order valence-electron chi connectivity index (χ0n) is 39.5. The summed E-state index contributed by atoms with van der Waals surface area (Å²) in [5.41, 5.74) is 5.93. The number of allylic oxidation sites excluding steroid dienone is 2. The smallest absolute Gasteiger partial charge is 0.265 e. The van der Waals surface area contributed by atoms with Crippen LogP contribution in [0, 0.1) is 11.7 Å². The lowest BCUT2D eigenvalue weighted by molar-refractivity contribution is -0.122. The number of benzene rings is 2.